The lowest BCUT2D eigenvalue weighted by atomic mass is 10.2. The molecule has 0 atom stereocenters. The van der Waals surface area contributed by atoms with E-state index >= 15 is 0 Å². The number of sulfonamides is 1. The van der Waals surface area contributed by atoms with Crippen molar-refractivity contribution in [1.82, 2.24) is 9.71 Å². The molecular weight excluding hydrogens is 288 g/mol. The Bertz CT molecular complexity index is 517. The molecule has 19 heavy (non-hydrogen) atoms. The molecular formula is C10H12F4N2O2S. The SMILES string of the molecule is O=S(=O)(NCCCCC(F)(F)F)c1ncccc1F. The molecule has 1 N–H and O–H groups in total. The van der Waals surface area contributed by atoms with Crippen molar-refractivity contribution < 1.29 is 26.0 Å². The van der Waals surface area contributed by atoms with Crippen LogP contribution < -0.4 is 4.72 Å². The van der Waals surface area contributed by atoms with E-state index in [1.807, 2.05) is 4.72 Å². The average molecular weight is 300 g/mol. The summed E-state index contributed by atoms with van der Waals surface area (Å²) in [5.74, 6) is -1.01. The number of hydrogen-bond acceptors (Lipinski definition) is 3. The Balaban J connectivity index is 2.47. The Morgan fingerprint density at radius 2 is 1.95 bits per heavy atom. The molecule has 0 unspecified atom stereocenters. The number of hydrogen-bond donors (Lipinski definition) is 1. The summed E-state index contributed by atoms with van der Waals surface area (Å²) >= 11 is 0. The molecule has 4 nitrogen and oxygen atoms in total. The van der Waals surface area contributed by atoms with E-state index in [9.17, 15) is 26.0 Å². The highest BCUT2D eigenvalue weighted by atomic mass is 32.2. The average Bonchev–Trinajstić information content (AvgIpc) is 2.27. The van der Waals surface area contributed by atoms with Crippen LogP contribution in [0.1, 0.15) is 19.3 Å². The van der Waals surface area contributed by atoms with Crippen molar-refractivity contribution in [1.29, 1.82) is 0 Å². The summed E-state index contributed by atoms with van der Waals surface area (Å²) in [7, 11) is -4.12. The Kier molecular flexibility index (Phi) is 5.24. The van der Waals surface area contributed by atoms with Gasteiger partial charge in [-0.2, -0.15) is 13.2 Å². The van der Waals surface area contributed by atoms with Crippen LogP contribution in [0.25, 0.3) is 0 Å². The van der Waals surface area contributed by atoms with Gasteiger partial charge in [0.25, 0.3) is 10.0 Å². The van der Waals surface area contributed by atoms with Gasteiger partial charge in [0.2, 0.25) is 5.03 Å². The molecule has 1 aromatic heterocycles. The van der Waals surface area contributed by atoms with Crippen LogP contribution in [0, 0.1) is 5.82 Å². The number of unbranched alkanes of at least 4 members (excludes halogenated alkanes) is 1. The van der Waals surface area contributed by atoms with Gasteiger partial charge in [-0.05, 0) is 25.0 Å². The van der Waals surface area contributed by atoms with Crippen molar-refractivity contribution in [2.24, 2.45) is 0 Å². The maximum Gasteiger partial charge on any atom is 0.389 e. The summed E-state index contributed by atoms with van der Waals surface area (Å²) in [6, 6.07) is 2.17. The Labute approximate surface area is 107 Å². The van der Waals surface area contributed by atoms with Crippen molar-refractivity contribution >= 4 is 10.0 Å². The highest BCUT2D eigenvalue weighted by molar-refractivity contribution is 7.89. The zero-order valence-corrected chi connectivity index (χ0v) is 10.6. The van der Waals surface area contributed by atoms with Crippen LogP contribution in [0.2, 0.25) is 0 Å². The third-order valence-corrected chi connectivity index (χ3v) is 3.55. The van der Waals surface area contributed by atoms with Crippen molar-refractivity contribution in [3.05, 3.63) is 24.1 Å². The summed E-state index contributed by atoms with van der Waals surface area (Å²) in [6.07, 6.45) is -4.32. The summed E-state index contributed by atoms with van der Waals surface area (Å²) in [5, 5.41) is -0.758. The highest BCUT2D eigenvalue weighted by Gasteiger charge is 2.26. The van der Waals surface area contributed by atoms with E-state index in [4.69, 9.17) is 0 Å². The quantitative estimate of drug-likeness (QED) is 0.647. The van der Waals surface area contributed by atoms with E-state index in [2.05, 4.69) is 4.98 Å². The lowest BCUT2D eigenvalue weighted by molar-refractivity contribution is -0.135. The molecule has 0 saturated heterocycles. The normalized spacial score (nSPS) is 12.6. The van der Waals surface area contributed by atoms with E-state index in [0.717, 1.165) is 12.3 Å². The summed E-state index contributed by atoms with van der Waals surface area (Å²) < 4.78 is 73.9. The summed E-state index contributed by atoms with van der Waals surface area (Å²) in [4.78, 5) is 3.38. The number of nitrogens with zero attached hydrogens (tertiary/aromatic N) is 1. The molecule has 0 aliphatic carbocycles. The molecule has 1 rings (SSSR count). The number of pyridine rings is 1. The molecule has 0 bridgehead atoms. The monoisotopic (exact) mass is 300 g/mol. The largest absolute Gasteiger partial charge is 0.389 e. The van der Waals surface area contributed by atoms with Crippen LogP contribution in [-0.2, 0) is 10.0 Å². The minimum Gasteiger partial charge on any atom is -0.241 e. The molecule has 108 valence electrons. The Hall–Kier alpha value is -1.22. The van der Waals surface area contributed by atoms with Crippen LogP contribution in [0.3, 0.4) is 0 Å². The van der Waals surface area contributed by atoms with E-state index in [-0.39, 0.29) is 19.4 Å². The molecule has 0 amide bonds. The second kappa shape index (κ2) is 6.29. The van der Waals surface area contributed by atoms with Crippen LogP contribution >= 0.6 is 0 Å². The van der Waals surface area contributed by atoms with Crippen molar-refractivity contribution in [2.45, 2.75) is 30.5 Å². The fourth-order valence-corrected chi connectivity index (χ4v) is 2.37. The van der Waals surface area contributed by atoms with Crippen LogP contribution in [0.15, 0.2) is 23.4 Å². The molecule has 9 heteroatoms. The van der Waals surface area contributed by atoms with Gasteiger partial charge in [0.05, 0.1) is 0 Å². The van der Waals surface area contributed by atoms with E-state index in [1.165, 1.54) is 6.07 Å². The predicted octanol–water partition coefficient (Wildman–Crippen LogP) is 2.23. The molecule has 0 radical (unpaired) electrons. The maximum atomic E-state index is 13.2. The molecule has 0 fully saturated rings. The minimum absolute atomic E-state index is 0.00714. The molecule has 0 spiro atoms. The second-order valence-electron chi connectivity index (χ2n) is 3.76. The topological polar surface area (TPSA) is 59.1 Å². The van der Waals surface area contributed by atoms with Gasteiger partial charge in [-0.15, -0.1) is 0 Å². The van der Waals surface area contributed by atoms with Gasteiger partial charge in [0.1, 0.15) is 0 Å². The van der Waals surface area contributed by atoms with Crippen molar-refractivity contribution in [2.75, 3.05) is 6.54 Å². The van der Waals surface area contributed by atoms with Gasteiger partial charge < -0.3 is 0 Å². The number of aromatic nitrogens is 1. The maximum absolute atomic E-state index is 13.2. The van der Waals surface area contributed by atoms with E-state index < -0.39 is 33.5 Å². The molecule has 0 aliphatic rings. The van der Waals surface area contributed by atoms with Gasteiger partial charge in [-0.3, -0.25) is 0 Å². The lowest BCUT2D eigenvalue weighted by Crippen LogP contribution is -2.26. The Morgan fingerprint density at radius 1 is 1.26 bits per heavy atom. The first-order valence-electron chi connectivity index (χ1n) is 5.39. The molecule has 0 saturated carbocycles. The minimum atomic E-state index is -4.26. The Morgan fingerprint density at radius 3 is 2.53 bits per heavy atom. The number of rotatable bonds is 6. The predicted molar refractivity (Wildman–Crippen MR) is 59.3 cm³/mol. The van der Waals surface area contributed by atoms with Crippen LogP contribution in [0.4, 0.5) is 17.6 Å². The third kappa shape index (κ3) is 5.52. The van der Waals surface area contributed by atoms with E-state index in [1.54, 1.807) is 0 Å². The third-order valence-electron chi connectivity index (χ3n) is 2.16. The first kappa shape index (κ1) is 15.8. The fourth-order valence-electron chi connectivity index (χ4n) is 1.29. The van der Waals surface area contributed by atoms with Crippen molar-refractivity contribution in [3.8, 4) is 0 Å². The lowest BCUT2D eigenvalue weighted by Gasteiger charge is -2.07. The highest BCUT2D eigenvalue weighted by Crippen LogP contribution is 2.22. The fraction of sp³-hybridized carbons (Fsp3) is 0.500. The smallest absolute Gasteiger partial charge is 0.241 e. The van der Waals surface area contributed by atoms with E-state index in [0.29, 0.717) is 0 Å². The summed E-state index contributed by atoms with van der Waals surface area (Å²) in [5.41, 5.74) is 0. The number of nitrogens with one attached hydrogen (secondary N) is 1. The zero-order valence-electron chi connectivity index (χ0n) is 9.74. The van der Waals surface area contributed by atoms with Crippen LogP contribution in [-0.4, -0.2) is 26.1 Å². The van der Waals surface area contributed by atoms with Gasteiger partial charge in [0.15, 0.2) is 5.82 Å². The first-order chi connectivity index (χ1) is 8.72. The molecule has 0 aromatic carbocycles. The van der Waals surface area contributed by atoms with Crippen LogP contribution in [0.5, 0.6) is 0 Å². The number of halogens is 4. The molecule has 1 heterocycles. The van der Waals surface area contributed by atoms with Gasteiger partial charge in [-0.1, -0.05) is 0 Å². The first-order valence-corrected chi connectivity index (χ1v) is 6.87. The van der Waals surface area contributed by atoms with Gasteiger partial charge in [-0.25, -0.2) is 22.5 Å². The molecule has 0 aliphatic heterocycles. The zero-order chi connectivity index (χ0) is 14.5. The molecule has 1 aromatic rings. The summed E-state index contributed by atoms with van der Waals surface area (Å²) in [6.45, 7) is -0.200. The standard InChI is InChI=1S/C10H12F4N2O2S/c11-8-4-3-6-15-9(8)19(17,18)16-7-2-1-5-10(12,13)14/h3-4,6,16H,1-2,5,7H2. The van der Waals surface area contributed by atoms with Gasteiger partial charge >= 0.3 is 6.18 Å². The van der Waals surface area contributed by atoms with Gasteiger partial charge in [0, 0.05) is 19.2 Å². The second-order valence-corrected chi connectivity index (χ2v) is 5.44. The number of alkyl halides is 3. The van der Waals surface area contributed by atoms with Crippen molar-refractivity contribution in [3.63, 3.8) is 0 Å².